The number of rotatable bonds is 9. The third-order valence-electron chi connectivity index (χ3n) is 8.99. The lowest BCUT2D eigenvalue weighted by Gasteiger charge is -2.36. The first-order chi connectivity index (χ1) is 23.6. The summed E-state index contributed by atoms with van der Waals surface area (Å²) < 4.78 is 18.4. The first kappa shape index (κ1) is 33.9. The third-order valence-corrected chi connectivity index (χ3v) is 9.80. The van der Waals surface area contributed by atoms with E-state index in [2.05, 4.69) is 36.0 Å². The summed E-state index contributed by atoms with van der Waals surface area (Å²) in [6, 6.07) is 15.9. The Labute approximate surface area is 288 Å². The summed E-state index contributed by atoms with van der Waals surface area (Å²) in [4.78, 5) is 31.6. The van der Waals surface area contributed by atoms with E-state index in [0.717, 1.165) is 55.2 Å². The number of aromatic nitrogens is 5. The minimum absolute atomic E-state index is 0.0457. The quantitative estimate of drug-likeness (QED) is 0.249. The number of anilines is 3. The molecule has 0 unspecified atom stereocenters. The maximum Gasteiger partial charge on any atom is 0.323 e. The molecule has 13 nitrogen and oxygen atoms in total. The Balaban J connectivity index is 1.12. The lowest BCUT2D eigenvalue weighted by Crippen LogP contribution is -2.49. The number of aryl methyl sites for hydroxylation is 1. The Morgan fingerprint density at radius 1 is 1.00 bits per heavy atom. The molecule has 2 aliphatic rings. The van der Waals surface area contributed by atoms with Crippen LogP contribution in [0.2, 0.25) is 0 Å². The number of carbonyl (C=O) groups excluding carboxylic acids is 1. The van der Waals surface area contributed by atoms with E-state index >= 15 is 0 Å². The van der Waals surface area contributed by atoms with Crippen LogP contribution in [-0.2, 0) is 23.3 Å². The van der Waals surface area contributed by atoms with Crippen LogP contribution in [0.3, 0.4) is 0 Å². The average Bonchev–Trinajstić information content (AvgIpc) is 3.54. The molecule has 49 heavy (non-hydrogen) atoms. The van der Waals surface area contributed by atoms with Gasteiger partial charge in [-0.3, -0.25) is 13.8 Å². The van der Waals surface area contributed by atoms with Gasteiger partial charge in [0.05, 0.1) is 18.4 Å². The van der Waals surface area contributed by atoms with Crippen LogP contribution in [0.25, 0.3) is 11.1 Å². The summed E-state index contributed by atoms with van der Waals surface area (Å²) in [5.41, 5.74) is 3.35. The van der Waals surface area contributed by atoms with Crippen LogP contribution in [-0.4, -0.2) is 78.7 Å². The van der Waals surface area contributed by atoms with E-state index in [0.29, 0.717) is 42.8 Å². The Morgan fingerprint density at radius 3 is 2.39 bits per heavy atom. The van der Waals surface area contributed by atoms with Gasteiger partial charge in [-0.25, -0.2) is 19.1 Å². The SMILES string of the molecule is Cn1cc(-c2ccc(N(C(=O)NCc3ccccc3)[C@H]3CC[C@H](Nc4ncc(C#N)c(N5CCC(N=S(C)(C)=O)CC5)n4)CC3)nc2)cn1. The molecule has 1 aliphatic carbocycles. The minimum Gasteiger partial charge on any atom is -0.355 e. The highest BCUT2D eigenvalue weighted by molar-refractivity contribution is 7.92. The Bertz CT molecular complexity index is 1890. The Kier molecular flexibility index (Phi) is 10.4. The van der Waals surface area contributed by atoms with Crippen molar-refractivity contribution in [3.05, 3.63) is 78.4 Å². The van der Waals surface area contributed by atoms with Gasteiger partial charge in [0, 0.05) is 84.5 Å². The van der Waals surface area contributed by atoms with Gasteiger partial charge in [-0.1, -0.05) is 30.3 Å². The summed E-state index contributed by atoms with van der Waals surface area (Å²) in [6.45, 7) is 1.78. The van der Waals surface area contributed by atoms with Gasteiger partial charge in [-0.05, 0) is 56.2 Å². The molecule has 0 bridgehead atoms. The predicted octanol–water partition coefficient (Wildman–Crippen LogP) is 4.98. The van der Waals surface area contributed by atoms with Gasteiger partial charge in [0.15, 0.2) is 5.82 Å². The van der Waals surface area contributed by atoms with E-state index in [9.17, 15) is 14.3 Å². The number of nitriles is 1. The van der Waals surface area contributed by atoms with Crippen molar-refractivity contribution in [3.63, 3.8) is 0 Å². The number of carbonyl (C=O) groups is 1. The Morgan fingerprint density at radius 2 is 1.76 bits per heavy atom. The number of amides is 2. The highest BCUT2D eigenvalue weighted by Crippen LogP contribution is 2.30. The van der Waals surface area contributed by atoms with E-state index in [4.69, 9.17) is 9.97 Å². The minimum atomic E-state index is -2.16. The normalized spacial score (nSPS) is 18.4. The van der Waals surface area contributed by atoms with E-state index in [1.165, 1.54) is 0 Å². The van der Waals surface area contributed by atoms with Crippen LogP contribution < -0.4 is 20.4 Å². The Hall–Kier alpha value is -5.03. The third kappa shape index (κ3) is 8.72. The number of urea groups is 1. The van der Waals surface area contributed by atoms with Crippen LogP contribution >= 0.6 is 0 Å². The van der Waals surface area contributed by atoms with Crippen molar-refractivity contribution in [2.45, 2.75) is 63.2 Å². The first-order valence-corrected chi connectivity index (χ1v) is 19.0. The molecular formula is C35H43N11O2S. The zero-order valence-corrected chi connectivity index (χ0v) is 29.0. The maximum atomic E-state index is 13.8. The number of benzene rings is 1. The molecule has 2 N–H and O–H groups in total. The number of piperidine rings is 1. The number of hydrogen-bond donors (Lipinski definition) is 2. The van der Waals surface area contributed by atoms with Crippen molar-refractivity contribution in [3.8, 4) is 17.2 Å². The monoisotopic (exact) mass is 681 g/mol. The molecule has 256 valence electrons. The molecule has 1 saturated heterocycles. The molecule has 1 aliphatic heterocycles. The van der Waals surface area contributed by atoms with E-state index in [-0.39, 0.29) is 24.2 Å². The summed E-state index contributed by atoms with van der Waals surface area (Å²) >= 11 is 0. The molecule has 14 heteroatoms. The molecule has 0 radical (unpaired) electrons. The molecule has 0 atom stereocenters. The van der Waals surface area contributed by atoms with Crippen molar-refractivity contribution >= 4 is 33.3 Å². The van der Waals surface area contributed by atoms with Crippen LogP contribution in [0.15, 0.2) is 71.6 Å². The standard InChI is InChI=1S/C35H43N11O2S/c1-44-24-28(23-40-44)26-9-14-32(37-21-26)46(35(47)39-20-25-7-5-4-6-8-25)31-12-10-29(11-13-31)41-34-38-22-27(19-36)33(42-34)45-17-15-30(16-18-45)43-49(2,3)48/h4-9,14,21-24,29-31H,10-13,15-18,20H2,1-3H3,(H,39,47)(H,38,41,42)/t29-,31-. The molecule has 0 spiro atoms. The van der Waals surface area contributed by atoms with Gasteiger partial charge < -0.3 is 15.5 Å². The van der Waals surface area contributed by atoms with Crippen LogP contribution in [0.4, 0.5) is 22.4 Å². The van der Waals surface area contributed by atoms with Crippen molar-refractivity contribution in [2.24, 2.45) is 11.4 Å². The van der Waals surface area contributed by atoms with E-state index < -0.39 is 9.73 Å². The average molecular weight is 682 g/mol. The summed E-state index contributed by atoms with van der Waals surface area (Å²) in [5.74, 6) is 1.70. The van der Waals surface area contributed by atoms with Gasteiger partial charge in [0.2, 0.25) is 5.95 Å². The highest BCUT2D eigenvalue weighted by Gasteiger charge is 2.32. The van der Waals surface area contributed by atoms with Crippen molar-refractivity contribution < 1.29 is 9.00 Å². The van der Waals surface area contributed by atoms with Crippen molar-refractivity contribution in [1.29, 1.82) is 5.26 Å². The maximum absolute atomic E-state index is 13.8. The lowest BCUT2D eigenvalue weighted by molar-refractivity contribution is 0.240. The van der Waals surface area contributed by atoms with Gasteiger partial charge in [-0.15, -0.1) is 0 Å². The van der Waals surface area contributed by atoms with E-state index in [1.54, 1.807) is 40.7 Å². The second-order valence-corrected chi connectivity index (χ2v) is 15.6. The topological polar surface area (TPSA) is 157 Å². The van der Waals surface area contributed by atoms with Gasteiger partial charge in [0.25, 0.3) is 0 Å². The smallest absolute Gasteiger partial charge is 0.323 e. The first-order valence-electron chi connectivity index (χ1n) is 16.7. The van der Waals surface area contributed by atoms with Crippen LogP contribution in [0.5, 0.6) is 0 Å². The molecular weight excluding hydrogens is 639 g/mol. The predicted molar refractivity (Wildman–Crippen MR) is 192 cm³/mol. The molecule has 3 aromatic heterocycles. The number of nitrogens with zero attached hydrogens (tertiary/aromatic N) is 9. The number of pyridine rings is 1. The van der Waals surface area contributed by atoms with Gasteiger partial charge in [0.1, 0.15) is 17.5 Å². The second-order valence-electron chi connectivity index (χ2n) is 13.0. The second kappa shape index (κ2) is 15.0. The molecule has 1 saturated carbocycles. The van der Waals surface area contributed by atoms with Gasteiger partial charge >= 0.3 is 6.03 Å². The fourth-order valence-electron chi connectivity index (χ4n) is 6.55. The van der Waals surface area contributed by atoms with Crippen LogP contribution in [0, 0.1) is 11.3 Å². The zero-order chi connectivity index (χ0) is 34.4. The fourth-order valence-corrected chi connectivity index (χ4v) is 7.48. The fraction of sp³-hybridized carbons (Fsp3) is 0.429. The van der Waals surface area contributed by atoms with Crippen molar-refractivity contribution in [1.82, 2.24) is 30.0 Å². The van der Waals surface area contributed by atoms with Crippen LogP contribution in [0.1, 0.15) is 49.7 Å². The zero-order valence-electron chi connectivity index (χ0n) is 28.2. The molecule has 6 rings (SSSR count). The number of nitrogens with one attached hydrogen (secondary N) is 2. The summed E-state index contributed by atoms with van der Waals surface area (Å²) in [7, 11) is -0.284. The van der Waals surface area contributed by atoms with Gasteiger partial charge in [-0.2, -0.15) is 15.3 Å². The molecule has 4 aromatic rings. The highest BCUT2D eigenvalue weighted by atomic mass is 32.2. The van der Waals surface area contributed by atoms with Crippen molar-refractivity contribution in [2.75, 3.05) is 40.7 Å². The molecule has 4 heterocycles. The lowest BCUT2D eigenvalue weighted by atomic mass is 9.90. The molecule has 1 aromatic carbocycles. The molecule has 2 amide bonds. The summed E-state index contributed by atoms with van der Waals surface area (Å²) in [6.07, 6.45) is 15.1. The number of hydrogen-bond acceptors (Lipinski definition) is 10. The van der Waals surface area contributed by atoms with E-state index in [1.807, 2.05) is 55.7 Å². The summed E-state index contributed by atoms with van der Waals surface area (Å²) in [5, 5.41) is 20.6. The molecule has 2 fully saturated rings. The largest absolute Gasteiger partial charge is 0.355 e.